The van der Waals surface area contributed by atoms with E-state index in [4.69, 9.17) is 23.7 Å². The molecule has 6 atom stereocenters. The zero-order valence-corrected chi connectivity index (χ0v) is 26.3. The molecule has 2 aromatic carbocycles. The molecule has 8 heteroatoms. The Labute approximate surface area is 256 Å². The number of methoxy groups -OCH3 is 1. The van der Waals surface area contributed by atoms with Crippen molar-refractivity contribution in [2.24, 2.45) is 11.8 Å². The second kappa shape index (κ2) is 16.6. The van der Waals surface area contributed by atoms with Crippen LogP contribution in [0.3, 0.4) is 0 Å². The maximum atomic E-state index is 12.3. The van der Waals surface area contributed by atoms with Crippen molar-refractivity contribution in [1.29, 1.82) is 0 Å². The molecule has 3 rings (SSSR count). The van der Waals surface area contributed by atoms with Crippen LogP contribution in [-0.2, 0) is 32.2 Å². The molecule has 0 heterocycles. The fourth-order valence-electron chi connectivity index (χ4n) is 4.78. The van der Waals surface area contributed by atoms with Crippen LogP contribution in [0.5, 0.6) is 5.75 Å². The average molecular weight is 597 g/mol. The van der Waals surface area contributed by atoms with Crippen molar-refractivity contribution >= 4 is 6.16 Å². The number of hydrogen-bond acceptors (Lipinski definition) is 8. The van der Waals surface area contributed by atoms with Crippen molar-refractivity contribution in [3.8, 4) is 5.75 Å². The molecule has 43 heavy (non-hydrogen) atoms. The summed E-state index contributed by atoms with van der Waals surface area (Å²) in [5.74, 6) is 0.839. The van der Waals surface area contributed by atoms with Gasteiger partial charge in [-0.2, -0.15) is 0 Å². The third-order valence-electron chi connectivity index (χ3n) is 7.14. The number of aliphatic hydroxyl groups excluding tert-OH is 2. The quantitative estimate of drug-likeness (QED) is 0.203. The first-order chi connectivity index (χ1) is 20.4. The van der Waals surface area contributed by atoms with Gasteiger partial charge in [0, 0.05) is 5.92 Å². The lowest BCUT2D eigenvalue weighted by Gasteiger charge is -2.35. The highest BCUT2D eigenvalue weighted by Crippen LogP contribution is 2.30. The van der Waals surface area contributed by atoms with E-state index >= 15 is 0 Å². The van der Waals surface area contributed by atoms with Gasteiger partial charge in [-0.05, 0) is 68.4 Å². The second-order valence-electron chi connectivity index (χ2n) is 12.2. The lowest BCUT2D eigenvalue weighted by Crippen LogP contribution is -2.46. The van der Waals surface area contributed by atoms with Crippen LogP contribution < -0.4 is 4.74 Å². The number of carbonyl (C=O) groups is 1. The van der Waals surface area contributed by atoms with Gasteiger partial charge in [0.05, 0.1) is 39.1 Å². The molecule has 0 bridgehead atoms. The first-order valence-electron chi connectivity index (χ1n) is 15.0. The molecule has 1 saturated carbocycles. The third-order valence-corrected chi connectivity index (χ3v) is 7.14. The van der Waals surface area contributed by atoms with Gasteiger partial charge in [0.25, 0.3) is 0 Å². The summed E-state index contributed by atoms with van der Waals surface area (Å²) in [4.78, 5) is 12.3. The molecule has 2 N–H and O–H groups in total. The molecule has 1 aliphatic rings. The SMILES string of the molecule is COc1ccc(COC[C@@H](C)/C=C/[C@H](OCc2ccccc2)[C@H](C)/C=C2\CC[C@@H](O)[C@H](OC(=O)OC(C)(C)C)[C@H]2O)cc1. The van der Waals surface area contributed by atoms with Crippen molar-refractivity contribution in [3.63, 3.8) is 0 Å². The highest BCUT2D eigenvalue weighted by Gasteiger charge is 2.38. The molecule has 2 aromatic rings. The predicted octanol–water partition coefficient (Wildman–Crippen LogP) is 6.39. The minimum atomic E-state index is -1.15. The molecule has 0 spiro atoms. The van der Waals surface area contributed by atoms with E-state index in [0.717, 1.165) is 16.9 Å². The summed E-state index contributed by atoms with van der Waals surface area (Å²) < 4.78 is 28.1. The minimum Gasteiger partial charge on any atom is -0.497 e. The largest absolute Gasteiger partial charge is 0.509 e. The standard InChI is InChI=1S/C35H48O8/c1-24(21-40-22-27-13-16-29(39-6)17-14-27)12-19-31(41-23-26-10-8-7-9-11-26)25(2)20-28-15-18-30(36)33(32(28)37)42-34(38)43-35(3,4)5/h7-14,16-17,19-20,24-25,30-33,36-37H,15,18,21-23H2,1-6H3/b19-12+,28-20+/t24-,25+,30+,31-,32-,33-/m0/s1. The van der Waals surface area contributed by atoms with Crippen LogP contribution in [-0.4, -0.2) is 60.1 Å². The Hall–Kier alpha value is -3.17. The van der Waals surface area contributed by atoms with E-state index in [1.165, 1.54) is 0 Å². The Morgan fingerprint density at radius 1 is 0.977 bits per heavy atom. The number of aliphatic hydroxyl groups is 2. The lowest BCUT2D eigenvalue weighted by atomic mass is 9.84. The average Bonchev–Trinajstić information content (AvgIpc) is 2.96. The summed E-state index contributed by atoms with van der Waals surface area (Å²) in [5.41, 5.74) is 2.08. The molecular weight excluding hydrogens is 548 g/mol. The molecule has 0 radical (unpaired) electrons. The van der Waals surface area contributed by atoms with Crippen molar-refractivity contribution in [2.75, 3.05) is 13.7 Å². The van der Waals surface area contributed by atoms with Crippen LogP contribution in [0.1, 0.15) is 58.6 Å². The molecule has 0 aromatic heterocycles. The second-order valence-corrected chi connectivity index (χ2v) is 12.2. The van der Waals surface area contributed by atoms with Crippen LogP contribution >= 0.6 is 0 Å². The maximum Gasteiger partial charge on any atom is 0.509 e. The summed E-state index contributed by atoms with van der Waals surface area (Å²) in [6, 6.07) is 17.8. The number of benzene rings is 2. The zero-order chi connectivity index (χ0) is 31.4. The fourth-order valence-corrected chi connectivity index (χ4v) is 4.78. The molecule has 8 nitrogen and oxygen atoms in total. The Morgan fingerprint density at radius 3 is 2.30 bits per heavy atom. The van der Waals surface area contributed by atoms with Gasteiger partial charge in [0.1, 0.15) is 17.5 Å². The number of rotatable bonds is 13. The van der Waals surface area contributed by atoms with Crippen LogP contribution in [0.2, 0.25) is 0 Å². The van der Waals surface area contributed by atoms with E-state index in [1.54, 1.807) is 27.9 Å². The predicted molar refractivity (Wildman–Crippen MR) is 166 cm³/mol. The van der Waals surface area contributed by atoms with Crippen LogP contribution in [0.4, 0.5) is 4.79 Å². The summed E-state index contributed by atoms with van der Waals surface area (Å²) >= 11 is 0. The van der Waals surface area contributed by atoms with Crippen molar-refractivity contribution < 1.29 is 38.7 Å². The van der Waals surface area contributed by atoms with Gasteiger partial charge in [-0.3, -0.25) is 0 Å². The van der Waals surface area contributed by atoms with Gasteiger partial charge in [-0.15, -0.1) is 0 Å². The topological polar surface area (TPSA) is 104 Å². The monoisotopic (exact) mass is 596 g/mol. The summed E-state index contributed by atoms with van der Waals surface area (Å²) in [6.45, 7) is 10.8. The van der Waals surface area contributed by atoms with E-state index in [1.807, 2.05) is 73.7 Å². The molecule has 0 aliphatic heterocycles. The minimum absolute atomic E-state index is 0.116. The highest BCUT2D eigenvalue weighted by molar-refractivity contribution is 5.61. The summed E-state index contributed by atoms with van der Waals surface area (Å²) in [6.07, 6.45) is 2.49. The van der Waals surface area contributed by atoms with E-state index in [-0.39, 0.29) is 17.9 Å². The third kappa shape index (κ3) is 11.8. The van der Waals surface area contributed by atoms with Gasteiger partial charge in [0.2, 0.25) is 0 Å². The van der Waals surface area contributed by atoms with Gasteiger partial charge in [-0.1, -0.05) is 74.5 Å². The Balaban J connectivity index is 1.66. The van der Waals surface area contributed by atoms with Crippen molar-refractivity contribution in [2.45, 2.75) is 90.7 Å². The summed E-state index contributed by atoms with van der Waals surface area (Å²) in [5, 5.41) is 21.6. The van der Waals surface area contributed by atoms with E-state index in [0.29, 0.717) is 38.2 Å². The fraction of sp³-hybridized carbons (Fsp3) is 0.514. The van der Waals surface area contributed by atoms with Gasteiger partial charge >= 0.3 is 6.16 Å². The number of ether oxygens (including phenoxy) is 5. The van der Waals surface area contributed by atoms with Crippen LogP contribution in [0.25, 0.3) is 0 Å². The van der Waals surface area contributed by atoms with E-state index < -0.39 is 30.1 Å². The van der Waals surface area contributed by atoms with Gasteiger partial charge in [0.15, 0.2) is 6.10 Å². The highest BCUT2D eigenvalue weighted by atomic mass is 16.7. The number of hydrogen-bond donors (Lipinski definition) is 2. The van der Waals surface area contributed by atoms with Gasteiger partial charge in [-0.25, -0.2) is 4.79 Å². The van der Waals surface area contributed by atoms with E-state index in [9.17, 15) is 15.0 Å². The van der Waals surface area contributed by atoms with Crippen LogP contribution in [0, 0.1) is 11.8 Å². The van der Waals surface area contributed by atoms with Crippen molar-refractivity contribution in [1.82, 2.24) is 0 Å². The first-order valence-corrected chi connectivity index (χ1v) is 15.0. The maximum absolute atomic E-state index is 12.3. The molecule has 0 amide bonds. The molecule has 1 fully saturated rings. The summed E-state index contributed by atoms with van der Waals surface area (Å²) in [7, 11) is 1.65. The molecular formula is C35H48O8. The van der Waals surface area contributed by atoms with Crippen molar-refractivity contribution in [3.05, 3.63) is 89.5 Å². The van der Waals surface area contributed by atoms with Crippen LogP contribution in [0.15, 0.2) is 78.4 Å². The number of carbonyl (C=O) groups excluding carboxylic acids is 1. The zero-order valence-electron chi connectivity index (χ0n) is 26.3. The Kier molecular flexibility index (Phi) is 13.3. The normalized spacial score (nSPS) is 22.2. The Morgan fingerprint density at radius 2 is 1.65 bits per heavy atom. The van der Waals surface area contributed by atoms with E-state index in [2.05, 4.69) is 13.0 Å². The van der Waals surface area contributed by atoms with Gasteiger partial charge < -0.3 is 33.9 Å². The molecule has 1 aliphatic carbocycles. The lowest BCUT2D eigenvalue weighted by molar-refractivity contribution is -0.102. The first kappa shape index (κ1) is 34.3. The molecule has 236 valence electrons. The molecule has 0 saturated heterocycles. The smallest absolute Gasteiger partial charge is 0.497 e. The molecule has 0 unspecified atom stereocenters. The Bertz CT molecular complexity index is 1170.